The van der Waals surface area contributed by atoms with E-state index in [0.29, 0.717) is 15.2 Å². The monoisotopic (exact) mass is 312 g/mol. The van der Waals surface area contributed by atoms with Gasteiger partial charge in [0.15, 0.2) is 0 Å². The number of nitrogens with zero attached hydrogens (tertiary/aromatic N) is 1. The summed E-state index contributed by atoms with van der Waals surface area (Å²) < 4.78 is 0.922. The molecule has 8 heteroatoms. The van der Waals surface area contributed by atoms with E-state index in [4.69, 9.17) is 49.7 Å². The summed E-state index contributed by atoms with van der Waals surface area (Å²) in [6.45, 7) is 4.55. The van der Waals surface area contributed by atoms with E-state index >= 15 is 0 Å². The van der Waals surface area contributed by atoms with Gasteiger partial charge in [0.25, 0.3) is 0 Å². The molecule has 0 aromatic heterocycles. The molecule has 0 amide bonds. The Hall–Kier alpha value is 2.22. The maximum Gasteiger partial charge on any atom is 1.00 e. The summed E-state index contributed by atoms with van der Waals surface area (Å²) >= 11 is 19.4. The minimum Gasteiger partial charge on any atom is -0.412 e. The predicted molar refractivity (Wildman–Crippen MR) is 74.4 cm³/mol. The summed E-state index contributed by atoms with van der Waals surface area (Å²) in [5.41, 5.74) is 0. The van der Waals surface area contributed by atoms with Gasteiger partial charge in [0, 0.05) is 19.6 Å². The Kier molecular flexibility index (Phi) is 22.3. The van der Waals surface area contributed by atoms with Crippen molar-refractivity contribution in [1.82, 2.24) is 10.2 Å². The van der Waals surface area contributed by atoms with E-state index in [0.717, 1.165) is 25.9 Å². The van der Waals surface area contributed by atoms with Crippen molar-refractivity contribution < 1.29 is 59.1 Å². The van der Waals surface area contributed by atoms with E-state index in [1.165, 1.54) is 0 Å². The van der Waals surface area contributed by atoms with Crippen LogP contribution in [0.25, 0.3) is 0 Å². The molecule has 1 N–H and O–H groups in total. The van der Waals surface area contributed by atoms with Crippen LogP contribution in [0.1, 0.15) is 19.8 Å². The molecule has 0 aromatic rings. The first-order chi connectivity index (χ1) is 6.57. The van der Waals surface area contributed by atoms with Crippen molar-refractivity contribution in [3.63, 3.8) is 0 Å². The molecule has 0 rings (SSSR count). The molecule has 0 radical (unpaired) electrons. The van der Waals surface area contributed by atoms with Crippen LogP contribution in [0.3, 0.4) is 0 Å². The van der Waals surface area contributed by atoms with Crippen LogP contribution in [0, 0.1) is 0 Å². The van der Waals surface area contributed by atoms with Crippen molar-refractivity contribution in [2.24, 2.45) is 0 Å². The van der Waals surface area contributed by atoms with Crippen molar-refractivity contribution >= 4 is 58.3 Å². The second-order valence-electron chi connectivity index (χ2n) is 2.82. The summed E-state index contributed by atoms with van der Waals surface area (Å²) in [5, 5.41) is 2.91. The Morgan fingerprint density at radius 2 is 1.75 bits per heavy atom. The van der Waals surface area contributed by atoms with Crippen molar-refractivity contribution in [1.29, 1.82) is 0 Å². The molecule has 0 atom stereocenters. The Morgan fingerprint density at radius 1 is 1.19 bits per heavy atom. The average Bonchev–Trinajstić information content (AvgIpc) is 2.09. The predicted octanol–water partition coefficient (Wildman–Crippen LogP) is -4.65. The van der Waals surface area contributed by atoms with E-state index in [2.05, 4.69) is 12.2 Å². The van der Waals surface area contributed by atoms with Gasteiger partial charge >= 0.3 is 59.1 Å². The average molecular weight is 312 g/mol. The molecule has 0 aromatic carbocycles. The fourth-order valence-corrected chi connectivity index (χ4v) is 1.51. The Morgan fingerprint density at radius 3 is 2.12 bits per heavy atom. The molecule has 16 heavy (non-hydrogen) atoms. The van der Waals surface area contributed by atoms with Gasteiger partial charge < -0.3 is 59.9 Å². The number of hydrogen-bond donors (Lipinski definition) is 1. The largest absolute Gasteiger partial charge is 1.00 e. The zero-order valence-electron chi connectivity index (χ0n) is 10.1. The van der Waals surface area contributed by atoms with E-state index in [1.807, 2.05) is 4.90 Å². The van der Waals surface area contributed by atoms with Crippen LogP contribution in [0.5, 0.6) is 0 Å². The van der Waals surface area contributed by atoms with Gasteiger partial charge in [-0.2, -0.15) is 0 Å². The smallest absolute Gasteiger partial charge is 0.412 e. The van der Waals surface area contributed by atoms with Gasteiger partial charge in [0.05, 0.1) is 0 Å². The summed E-state index contributed by atoms with van der Waals surface area (Å²) in [5.74, 6) is 0. The molecule has 0 spiro atoms. The number of hydrogen-bond acceptors (Lipinski definition) is 4. The summed E-state index contributed by atoms with van der Waals surface area (Å²) in [6, 6.07) is 0. The summed E-state index contributed by atoms with van der Waals surface area (Å²) in [7, 11) is 0. The molecule has 0 aliphatic rings. The molecule has 0 saturated heterocycles. The third-order valence-electron chi connectivity index (χ3n) is 1.69. The second-order valence-corrected chi connectivity index (χ2v) is 4.93. The van der Waals surface area contributed by atoms with Gasteiger partial charge in [-0.15, -0.1) is 0 Å². The summed E-state index contributed by atoms with van der Waals surface area (Å²) in [6.07, 6.45) is 2.25. The van der Waals surface area contributed by atoms with Crippen molar-refractivity contribution in [3.05, 3.63) is 0 Å². The van der Waals surface area contributed by atoms with Gasteiger partial charge in [-0.05, 0) is 6.42 Å². The van der Waals surface area contributed by atoms with Gasteiger partial charge in [-0.1, -0.05) is 22.0 Å². The minimum atomic E-state index is 0. The fourth-order valence-electron chi connectivity index (χ4n) is 0.936. The third kappa shape index (κ3) is 14.3. The SMILES string of the molecule is CCCCN(CCNC(=S)[S-])C(=S)[S-].[Na+].[Na+]. The molecule has 0 saturated carbocycles. The molecule has 0 aliphatic carbocycles. The van der Waals surface area contributed by atoms with Crippen LogP contribution in [0.2, 0.25) is 0 Å². The number of nitrogens with one attached hydrogen (secondary N) is 1. The Balaban J connectivity index is -0.000000845. The zero-order valence-corrected chi connectivity index (χ0v) is 17.4. The molecule has 2 nitrogen and oxygen atoms in total. The maximum atomic E-state index is 4.96. The topological polar surface area (TPSA) is 15.3 Å². The molecule has 0 aliphatic heterocycles. The molecule has 0 bridgehead atoms. The van der Waals surface area contributed by atoms with Gasteiger partial charge in [0.2, 0.25) is 0 Å². The number of thiocarbonyl (C=S) groups is 2. The van der Waals surface area contributed by atoms with Crippen LogP contribution in [0.15, 0.2) is 0 Å². The Labute approximate surface area is 164 Å². The third-order valence-corrected chi connectivity index (χ3v) is 2.50. The number of unbranched alkanes of at least 4 members (excludes halogenated alkanes) is 1. The molecule has 0 fully saturated rings. The van der Waals surface area contributed by atoms with Gasteiger partial charge in [0.1, 0.15) is 0 Å². The summed E-state index contributed by atoms with van der Waals surface area (Å²) in [4.78, 5) is 1.99. The normalized spacial score (nSPS) is 8.31. The van der Waals surface area contributed by atoms with E-state index in [1.54, 1.807) is 0 Å². The Bertz CT molecular complexity index is 204. The van der Waals surface area contributed by atoms with E-state index in [9.17, 15) is 0 Å². The molecule has 0 unspecified atom stereocenters. The molecular formula is C8H14N2Na2S4. The molecular weight excluding hydrogens is 298 g/mol. The van der Waals surface area contributed by atoms with Crippen molar-refractivity contribution in [2.45, 2.75) is 19.8 Å². The van der Waals surface area contributed by atoms with Crippen LogP contribution in [-0.4, -0.2) is 33.2 Å². The van der Waals surface area contributed by atoms with Gasteiger partial charge in [-0.3, -0.25) is 0 Å². The van der Waals surface area contributed by atoms with Crippen molar-refractivity contribution in [2.75, 3.05) is 19.6 Å². The minimum absolute atomic E-state index is 0. The first-order valence-corrected chi connectivity index (χ1v) is 6.12. The fraction of sp³-hybridized carbons (Fsp3) is 0.750. The second kappa shape index (κ2) is 15.3. The first kappa shape index (κ1) is 23.3. The van der Waals surface area contributed by atoms with Crippen LogP contribution in [-0.2, 0) is 25.3 Å². The van der Waals surface area contributed by atoms with E-state index in [-0.39, 0.29) is 59.1 Å². The van der Waals surface area contributed by atoms with Crippen LogP contribution >= 0.6 is 24.4 Å². The van der Waals surface area contributed by atoms with Crippen LogP contribution < -0.4 is 64.4 Å². The van der Waals surface area contributed by atoms with Crippen LogP contribution in [0.4, 0.5) is 0 Å². The molecule has 0 heterocycles. The number of rotatable bonds is 6. The van der Waals surface area contributed by atoms with Crippen molar-refractivity contribution in [3.8, 4) is 0 Å². The zero-order chi connectivity index (χ0) is 11.0. The molecule has 82 valence electrons. The van der Waals surface area contributed by atoms with Gasteiger partial charge in [-0.25, -0.2) is 0 Å². The first-order valence-electron chi connectivity index (χ1n) is 4.48. The van der Waals surface area contributed by atoms with E-state index < -0.39 is 0 Å². The maximum absolute atomic E-state index is 4.96. The quantitative estimate of drug-likeness (QED) is 0.299. The standard InChI is InChI=1S/C8H16N2S4.2Na/c1-2-3-5-10(8(13)14)6-4-9-7(11)12;;/h2-6H2,1H3,(H,13,14)(H2,9,11,12);;/q;2*+1/p-2.